The molecule has 1 aromatic rings. The van der Waals surface area contributed by atoms with Gasteiger partial charge in [0.2, 0.25) is 0 Å². The molecule has 0 radical (unpaired) electrons. The Hall–Kier alpha value is -0.556. The number of hydrogen-bond acceptors (Lipinski definition) is 2. The van der Waals surface area contributed by atoms with Crippen LogP contribution in [-0.4, -0.2) is 4.98 Å². The molecule has 1 N–H and O–H groups in total. The second kappa shape index (κ2) is 6.44. The normalized spacial score (nSPS) is 6.75. The Labute approximate surface area is 55.9 Å². The van der Waals surface area contributed by atoms with Gasteiger partial charge in [-0.15, -0.1) is 0 Å². The molecule has 0 aliphatic heterocycles. The molecule has 0 aromatic carbocycles. The first-order valence-electron chi connectivity index (χ1n) is 2.01. The van der Waals surface area contributed by atoms with Gasteiger partial charge in [-0.2, -0.15) is 0 Å². The van der Waals surface area contributed by atoms with Gasteiger partial charge in [-0.1, -0.05) is 6.07 Å². The third kappa shape index (κ3) is 3.63. The topological polar surface area (TPSA) is 36.7 Å². The minimum Gasteiger partial charge on any atom is -0.265 e. The first-order chi connectivity index (χ1) is 4.00. The van der Waals surface area contributed by atoms with Gasteiger partial charge in [0.15, 0.2) is 0 Å². The quantitative estimate of drug-likeness (QED) is 0.561. The second-order valence-corrected chi connectivity index (χ2v) is 1.02. The van der Waals surface area contributed by atoms with E-state index in [0.29, 0.717) is 0 Å². The fraction of sp³-hybridized carbons (Fsp3) is 0. The minimum absolute atomic E-state index is 1.75. The van der Waals surface area contributed by atoms with E-state index in [-0.39, 0.29) is 0 Å². The van der Waals surface area contributed by atoms with Gasteiger partial charge in [0.25, 0.3) is 0 Å². The van der Waals surface area contributed by atoms with Crippen LogP contribution in [0.25, 0.3) is 0 Å². The fourth-order valence-corrected chi connectivity index (χ4v) is 0.313. The zero-order valence-corrected chi connectivity index (χ0v) is 5.14. The summed E-state index contributed by atoms with van der Waals surface area (Å²) in [5.41, 5.74) is 0. The number of nitrogens with zero attached hydrogens (tertiary/aromatic N) is 1. The molecule has 0 saturated carbocycles. The van der Waals surface area contributed by atoms with Crippen LogP contribution >= 0.6 is 0 Å². The van der Waals surface area contributed by atoms with Gasteiger partial charge in [-0.3, -0.25) is 4.98 Å². The van der Waals surface area contributed by atoms with Crippen LogP contribution in [0.15, 0.2) is 30.6 Å². The van der Waals surface area contributed by atoms with Crippen LogP contribution in [0.2, 0.25) is 0 Å². The number of pyridine rings is 1. The SMILES string of the molecule is [NH]=[Ni].c1ccncc1. The van der Waals surface area contributed by atoms with E-state index in [0.717, 1.165) is 0 Å². The summed E-state index contributed by atoms with van der Waals surface area (Å²) < 4.78 is 5.38. The molecule has 0 saturated heterocycles. The van der Waals surface area contributed by atoms with Crippen LogP contribution in [0.5, 0.6) is 0 Å². The molecule has 0 bridgehead atoms. The fourth-order valence-electron chi connectivity index (χ4n) is 0.313. The van der Waals surface area contributed by atoms with Crippen LogP contribution in [0, 0.1) is 4.45 Å². The van der Waals surface area contributed by atoms with E-state index in [1.54, 1.807) is 12.4 Å². The van der Waals surface area contributed by atoms with E-state index in [1.807, 2.05) is 18.2 Å². The molecular formula is C5H6N2Ni. The number of aromatic nitrogens is 1. The Morgan fingerprint density at radius 2 is 1.50 bits per heavy atom. The Balaban J connectivity index is 0.000000222. The van der Waals surface area contributed by atoms with Gasteiger partial charge in [0.05, 0.1) is 0 Å². The predicted molar refractivity (Wildman–Crippen MR) is 27.0 cm³/mol. The number of hydrogen-bond donors (Lipinski definition) is 1. The maximum Gasteiger partial charge on any atom is 0.0267 e. The van der Waals surface area contributed by atoms with Gasteiger partial charge in [-0.05, 0) is 12.1 Å². The molecular weight excluding hydrogens is 147 g/mol. The molecule has 0 atom stereocenters. The zero-order chi connectivity index (χ0) is 6.24. The molecule has 2 nitrogen and oxygen atoms in total. The van der Waals surface area contributed by atoms with Crippen LogP contribution in [0.4, 0.5) is 0 Å². The standard InChI is InChI=1S/C5H5N.HN.Ni/c1-2-4-6-5-3-1;;/h1-5H;1H;. The van der Waals surface area contributed by atoms with Crippen LogP contribution in [-0.2, 0) is 15.3 Å². The summed E-state index contributed by atoms with van der Waals surface area (Å²) in [5, 5.41) is 0. The van der Waals surface area contributed by atoms with Crippen molar-refractivity contribution >= 4 is 0 Å². The summed E-state index contributed by atoms with van der Waals surface area (Å²) in [6.07, 6.45) is 3.50. The number of nitrogens with one attached hydrogen (secondary N) is 1. The number of rotatable bonds is 0. The third-order valence-corrected chi connectivity index (χ3v) is 0.566. The summed E-state index contributed by atoms with van der Waals surface area (Å²) >= 11 is 3.12. The molecule has 46 valence electrons. The van der Waals surface area contributed by atoms with Gasteiger partial charge < -0.3 is 0 Å². The van der Waals surface area contributed by atoms with Crippen molar-refractivity contribution in [3.63, 3.8) is 0 Å². The Morgan fingerprint density at radius 1 is 1.00 bits per heavy atom. The van der Waals surface area contributed by atoms with Crippen molar-refractivity contribution in [2.45, 2.75) is 0 Å². The molecule has 0 spiro atoms. The van der Waals surface area contributed by atoms with Gasteiger partial charge in [0.1, 0.15) is 0 Å². The van der Waals surface area contributed by atoms with Crippen LogP contribution in [0.3, 0.4) is 0 Å². The molecule has 0 amide bonds. The first kappa shape index (κ1) is 7.44. The largest absolute Gasteiger partial charge is 0.265 e. The maximum absolute atomic E-state index is 5.38. The van der Waals surface area contributed by atoms with Gasteiger partial charge >= 0.3 is 19.7 Å². The molecule has 0 fully saturated rings. The Kier molecular flexibility index (Phi) is 6.00. The Bertz CT molecular complexity index is 93.3. The summed E-state index contributed by atoms with van der Waals surface area (Å²) in [6, 6.07) is 5.72. The summed E-state index contributed by atoms with van der Waals surface area (Å²) in [7, 11) is 0. The van der Waals surface area contributed by atoms with Crippen molar-refractivity contribution in [2.24, 2.45) is 0 Å². The molecule has 1 heterocycles. The summed E-state index contributed by atoms with van der Waals surface area (Å²) in [6.45, 7) is 0. The average Bonchev–Trinajstić information content (AvgIpc) is 1.96. The molecule has 3 heteroatoms. The van der Waals surface area contributed by atoms with E-state index in [2.05, 4.69) is 20.3 Å². The predicted octanol–water partition coefficient (Wildman–Crippen LogP) is 1.38. The summed E-state index contributed by atoms with van der Waals surface area (Å²) in [4.78, 5) is 3.78. The van der Waals surface area contributed by atoms with Crippen molar-refractivity contribution in [1.29, 1.82) is 4.45 Å². The van der Waals surface area contributed by atoms with E-state index in [1.165, 1.54) is 0 Å². The molecule has 1 aromatic heterocycles. The average molecular weight is 153 g/mol. The van der Waals surface area contributed by atoms with Crippen molar-refractivity contribution in [2.75, 3.05) is 0 Å². The molecule has 1 rings (SSSR count). The Morgan fingerprint density at radius 3 is 1.62 bits per heavy atom. The zero-order valence-electron chi connectivity index (χ0n) is 4.15. The van der Waals surface area contributed by atoms with E-state index >= 15 is 0 Å². The van der Waals surface area contributed by atoms with Crippen molar-refractivity contribution in [1.82, 2.24) is 4.98 Å². The van der Waals surface area contributed by atoms with Gasteiger partial charge in [0, 0.05) is 12.4 Å². The van der Waals surface area contributed by atoms with E-state index in [4.69, 9.17) is 4.45 Å². The first-order valence-corrected chi connectivity index (χ1v) is 2.50. The smallest absolute Gasteiger partial charge is 0.0267 e. The van der Waals surface area contributed by atoms with Crippen molar-refractivity contribution in [3.8, 4) is 0 Å². The summed E-state index contributed by atoms with van der Waals surface area (Å²) in [5.74, 6) is 0. The van der Waals surface area contributed by atoms with Crippen LogP contribution in [0.1, 0.15) is 0 Å². The molecule has 0 aliphatic rings. The molecule has 0 unspecified atom stereocenters. The van der Waals surface area contributed by atoms with E-state index < -0.39 is 0 Å². The molecule has 8 heavy (non-hydrogen) atoms. The van der Waals surface area contributed by atoms with Crippen molar-refractivity contribution in [3.05, 3.63) is 30.6 Å². The third-order valence-electron chi connectivity index (χ3n) is 0.566. The van der Waals surface area contributed by atoms with E-state index in [9.17, 15) is 0 Å². The van der Waals surface area contributed by atoms with Gasteiger partial charge in [-0.25, -0.2) is 0 Å². The monoisotopic (exact) mass is 152 g/mol. The van der Waals surface area contributed by atoms with Crippen LogP contribution < -0.4 is 0 Å². The molecule has 0 aliphatic carbocycles. The maximum atomic E-state index is 5.38. The second-order valence-electron chi connectivity index (χ2n) is 1.02. The van der Waals surface area contributed by atoms with Crippen molar-refractivity contribution < 1.29 is 15.3 Å². The minimum atomic E-state index is 1.75.